The number of likely N-dealkylation sites (N-methyl/N-ethyl adjacent to an activating group) is 1. The van der Waals surface area contributed by atoms with Crippen LogP contribution >= 0.6 is 0 Å². The Hall–Kier alpha value is -0.160. The molecule has 4 nitrogen and oxygen atoms in total. The van der Waals surface area contributed by atoms with Gasteiger partial charge in [0.25, 0.3) is 0 Å². The molecule has 4 heteroatoms. The monoisotopic (exact) mass is 286 g/mol. The number of hydrogen-bond acceptors (Lipinski definition) is 4. The lowest BCUT2D eigenvalue weighted by molar-refractivity contribution is -0.0282. The highest BCUT2D eigenvalue weighted by molar-refractivity contribution is 4.87. The van der Waals surface area contributed by atoms with Crippen LogP contribution in [0.4, 0.5) is 0 Å². The second-order valence-corrected chi connectivity index (χ2v) is 6.85. The van der Waals surface area contributed by atoms with E-state index >= 15 is 0 Å². The molecule has 0 aromatic carbocycles. The molecule has 1 rings (SSSR count). The van der Waals surface area contributed by atoms with Crippen molar-refractivity contribution in [3.63, 3.8) is 0 Å². The molecule has 0 amide bonds. The Balaban J connectivity index is 2.42. The SMILES string of the molecule is CC(C)NCC1(CN(C)CCOC(C)C)CCCOC1. The molecule has 1 fully saturated rings. The Morgan fingerprint density at radius 1 is 1.30 bits per heavy atom. The molecule has 0 radical (unpaired) electrons. The highest BCUT2D eigenvalue weighted by Gasteiger charge is 2.33. The molecule has 1 aliphatic rings. The van der Waals surface area contributed by atoms with Crippen LogP contribution < -0.4 is 5.32 Å². The zero-order valence-corrected chi connectivity index (χ0v) is 14.1. The number of hydrogen-bond donors (Lipinski definition) is 1. The molecule has 0 saturated carbocycles. The number of nitrogens with zero attached hydrogens (tertiary/aromatic N) is 1. The zero-order valence-electron chi connectivity index (χ0n) is 14.1. The number of nitrogens with one attached hydrogen (secondary N) is 1. The van der Waals surface area contributed by atoms with Crippen molar-refractivity contribution in [3.05, 3.63) is 0 Å². The summed E-state index contributed by atoms with van der Waals surface area (Å²) in [7, 11) is 2.19. The summed E-state index contributed by atoms with van der Waals surface area (Å²) < 4.78 is 11.4. The topological polar surface area (TPSA) is 33.7 Å². The third-order valence-electron chi connectivity index (χ3n) is 3.82. The summed E-state index contributed by atoms with van der Waals surface area (Å²) in [6.07, 6.45) is 2.75. The minimum Gasteiger partial charge on any atom is -0.381 e. The molecule has 1 N–H and O–H groups in total. The quantitative estimate of drug-likeness (QED) is 0.704. The van der Waals surface area contributed by atoms with Crippen LogP contribution in [0.1, 0.15) is 40.5 Å². The van der Waals surface area contributed by atoms with Crippen molar-refractivity contribution in [2.24, 2.45) is 5.41 Å². The molecule has 0 aliphatic carbocycles. The van der Waals surface area contributed by atoms with Crippen molar-refractivity contribution in [3.8, 4) is 0 Å². The largest absolute Gasteiger partial charge is 0.381 e. The lowest BCUT2D eigenvalue weighted by atomic mass is 9.81. The van der Waals surface area contributed by atoms with Gasteiger partial charge in [0.15, 0.2) is 0 Å². The van der Waals surface area contributed by atoms with Crippen molar-refractivity contribution in [1.29, 1.82) is 0 Å². The van der Waals surface area contributed by atoms with Crippen LogP contribution in [0.2, 0.25) is 0 Å². The Bertz CT molecular complexity index is 251. The molecule has 1 aliphatic heterocycles. The summed E-state index contributed by atoms with van der Waals surface area (Å²) in [4.78, 5) is 2.39. The van der Waals surface area contributed by atoms with Gasteiger partial charge in [-0.05, 0) is 33.7 Å². The van der Waals surface area contributed by atoms with E-state index in [1.807, 2.05) is 0 Å². The average molecular weight is 286 g/mol. The van der Waals surface area contributed by atoms with Gasteiger partial charge in [0.1, 0.15) is 0 Å². The van der Waals surface area contributed by atoms with Crippen molar-refractivity contribution >= 4 is 0 Å². The van der Waals surface area contributed by atoms with E-state index in [0.29, 0.717) is 12.1 Å². The van der Waals surface area contributed by atoms with Gasteiger partial charge < -0.3 is 19.7 Å². The smallest absolute Gasteiger partial charge is 0.0596 e. The molecule has 1 heterocycles. The average Bonchev–Trinajstić information content (AvgIpc) is 2.37. The minimum absolute atomic E-state index is 0.259. The summed E-state index contributed by atoms with van der Waals surface area (Å²) in [6, 6.07) is 0.531. The van der Waals surface area contributed by atoms with Crippen molar-refractivity contribution in [2.75, 3.05) is 46.5 Å². The molecule has 120 valence electrons. The Kier molecular flexibility index (Phi) is 8.03. The standard InChI is InChI=1S/C16H34N2O2/c1-14(2)17-11-16(7-6-9-19-13-16)12-18(5)8-10-20-15(3)4/h14-15,17H,6-13H2,1-5H3. The van der Waals surface area contributed by atoms with E-state index in [1.165, 1.54) is 12.8 Å². The van der Waals surface area contributed by atoms with Gasteiger partial charge in [-0.3, -0.25) is 0 Å². The van der Waals surface area contributed by atoms with Gasteiger partial charge in [0.2, 0.25) is 0 Å². The minimum atomic E-state index is 0.259. The van der Waals surface area contributed by atoms with Gasteiger partial charge in [-0.2, -0.15) is 0 Å². The second-order valence-electron chi connectivity index (χ2n) is 6.85. The Labute approximate surface area is 125 Å². The predicted octanol–water partition coefficient (Wildman–Crippen LogP) is 2.14. The fraction of sp³-hybridized carbons (Fsp3) is 1.00. The maximum absolute atomic E-state index is 5.76. The first kappa shape index (κ1) is 17.9. The molecule has 1 unspecified atom stereocenters. The molecule has 0 aromatic rings. The first-order valence-electron chi connectivity index (χ1n) is 8.05. The molecule has 20 heavy (non-hydrogen) atoms. The molecule has 0 bridgehead atoms. The van der Waals surface area contributed by atoms with E-state index in [1.54, 1.807) is 0 Å². The van der Waals surface area contributed by atoms with E-state index in [0.717, 1.165) is 39.5 Å². The maximum Gasteiger partial charge on any atom is 0.0596 e. The van der Waals surface area contributed by atoms with Crippen molar-refractivity contribution in [1.82, 2.24) is 10.2 Å². The summed E-state index contributed by atoms with van der Waals surface area (Å²) in [5.41, 5.74) is 0.259. The van der Waals surface area contributed by atoms with Gasteiger partial charge >= 0.3 is 0 Å². The van der Waals surface area contributed by atoms with Crippen LogP contribution in [-0.2, 0) is 9.47 Å². The van der Waals surface area contributed by atoms with E-state index in [2.05, 4.69) is 45.0 Å². The van der Waals surface area contributed by atoms with Crippen LogP contribution in [0.5, 0.6) is 0 Å². The van der Waals surface area contributed by atoms with Crippen molar-refractivity contribution in [2.45, 2.75) is 52.7 Å². The lowest BCUT2D eigenvalue weighted by Crippen LogP contribution is -2.49. The van der Waals surface area contributed by atoms with Crippen LogP contribution in [0.15, 0.2) is 0 Å². The van der Waals surface area contributed by atoms with Gasteiger partial charge in [-0.15, -0.1) is 0 Å². The molecule has 1 atom stereocenters. The molecule has 0 spiro atoms. The van der Waals surface area contributed by atoms with Gasteiger partial charge in [-0.1, -0.05) is 13.8 Å². The number of ether oxygens (including phenoxy) is 2. The highest BCUT2D eigenvalue weighted by atomic mass is 16.5. The molecular weight excluding hydrogens is 252 g/mol. The van der Waals surface area contributed by atoms with Gasteiger partial charge in [0, 0.05) is 37.7 Å². The molecule has 1 saturated heterocycles. The normalized spacial score (nSPS) is 24.0. The Morgan fingerprint density at radius 3 is 2.60 bits per heavy atom. The summed E-state index contributed by atoms with van der Waals surface area (Å²) >= 11 is 0. The lowest BCUT2D eigenvalue weighted by Gasteiger charge is -2.40. The fourth-order valence-electron chi connectivity index (χ4n) is 2.75. The highest BCUT2D eigenvalue weighted by Crippen LogP contribution is 2.29. The molecular formula is C16H34N2O2. The van der Waals surface area contributed by atoms with Crippen molar-refractivity contribution < 1.29 is 9.47 Å². The van der Waals surface area contributed by atoms with E-state index in [9.17, 15) is 0 Å². The first-order valence-corrected chi connectivity index (χ1v) is 8.05. The molecule has 0 aromatic heterocycles. The van der Waals surface area contributed by atoms with Gasteiger partial charge in [-0.25, -0.2) is 0 Å². The maximum atomic E-state index is 5.76. The van der Waals surface area contributed by atoms with E-state index in [4.69, 9.17) is 9.47 Å². The van der Waals surface area contributed by atoms with Crippen LogP contribution in [0.25, 0.3) is 0 Å². The summed E-state index contributed by atoms with van der Waals surface area (Å²) in [5.74, 6) is 0. The third-order valence-corrected chi connectivity index (χ3v) is 3.82. The van der Waals surface area contributed by atoms with Crippen LogP contribution in [-0.4, -0.2) is 63.5 Å². The van der Waals surface area contributed by atoms with Crippen LogP contribution in [0, 0.1) is 5.41 Å². The van der Waals surface area contributed by atoms with E-state index < -0.39 is 0 Å². The second kappa shape index (κ2) is 8.98. The first-order chi connectivity index (χ1) is 9.43. The predicted molar refractivity (Wildman–Crippen MR) is 84.2 cm³/mol. The van der Waals surface area contributed by atoms with E-state index in [-0.39, 0.29) is 5.41 Å². The fourth-order valence-corrected chi connectivity index (χ4v) is 2.75. The summed E-state index contributed by atoms with van der Waals surface area (Å²) in [6.45, 7) is 14.3. The summed E-state index contributed by atoms with van der Waals surface area (Å²) in [5, 5.41) is 3.60. The van der Waals surface area contributed by atoms with Gasteiger partial charge in [0.05, 0.1) is 19.3 Å². The Morgan fingerprint density at radius 2 is 2.05 bits per heavy atom. The number of rotatable bonds is 9. The zero-order chi connectivity index (χ0) is 15.0. The third kappa shape index (κ3) is 7.02. The van der Waals surface area contributed by atoms with Crippen LogP contribution in [0.3, 0.4) is 0 Å².